The number of hydrogen-bond donors (Lipinski definition) is 0. The van der Waals surface area contributed by atoms with Crippen molar-refractivity contribution in [3.05, 3.63) is 12.4 Å². The fraction of sp³-hybridized carbons (Fsp3) is 0.615. The van der Waals surface area contributed by atoms with Gasteiger partial charge in [0.05, 0.1) is 25.5 Å². The van der Waals surface area contributed by atoms with Gasteiger partial charge in [-0.15, -0.1) is 0 Å². The summed E-state index contributed by atoms with van der Waals surface area (Å²) in [5, 5.41) is 4.31. The Kier molecular flexibility index (Phi) is 3.59. The van der Waals surface area contributed by atoms with Gasteiger partial charge in [0, 0.05) is 20.2 Å². The van der Waals surface area contributed by atoms with Gasteiger partial charge in [0.1, 0.15) is 11.3 Å². The molecule has 19 heavy (non-hydrogen) atoms. The molecule has 0 bridgehead atoms. The monoisotopic (exact) mass is 261 g/mol. The van der Waals surface area contributed by atoms with E-state index in [9.17, 15) is 0 Å². The zero-order valence-corrected chi connectivity index (χ0v) is 11.2. The molecule has 0 spiro atoms. The van der Waals surface area contributed by atoms with Crippen LogP contribution in [0, 0.1) is 0 Å². The summed E-state index contributed by atoms with van der Waals surface area (Å²) in [5.41, 5.74) is 1.69. The standard InChI is InChI=1S/C13H19N5O/c1-19-8-7-18-13-11(9-15-18)14-10-12(16-13)17-5-3-2-4-6-17/h9-10H,2-8H2,1H3. The molecule has 1 aliphatic rings. The number of nitrogens with zero attached hydrogens (tertiary/aromatic N) is 5. The highest BCUT2D eigenvalue weighted by Crippen LogP contribution is 2.19. The van der Waals surface area contributed by atoms with Crippen LogP contribution in [0.3, 0.4) is 0 Å². The zero-order chi connectivity index (χ0) is 13.1. The van der Waals surface area contributed by atoms with Crippen LogP contribution in [0.5, 0.6) is 0 Å². The molecule has 0 unspecified atom stereocenters. The molecule has 6 heteroatoms. The van der Waals surface area contributed by atoms with Crippen LogP contribution in [0.1, 0.15) is 19.3 Å². The van der Waals surface area contributed by atoms with Crippen molar-refractivity contribution in [3.63, 3.8) is 0 Å². The van der Waals surface area contributed by atoms with Gasteiger partial charge in [-0.05, 0) is 19.3 Å². The first-order chi connectivity index (χ1) is 9.38. The molecule has 1 saturated heterocycles. The largest absolute Gasteiger partial charge is 0.383 e. The molecule has 2 aromatic heterocycles. The van der Waals surface area contributed by atoms with E-state index in [-0.39, 0.29) is 0 Å². The highest BCUT2D eigenvalue weighted by molar-refractivity contribution is 5.71. The third-order valence-electron chi connectivity index (χ3n) is 3.52. The van der Waals surface area contributed by atoms with Crippen LogP contribution in [0.4, 0.5) is 5.82 Å². The summed E-state index contributed by atoms with van der Waals surface area (Å²) in [6.45, 7) is 3.49. The molecular formula is C13H19N5O. The van der Waals surface area contributed by atoms with E-state index in [1.807, 2.05) is 10.9 Å². The van der Waals surface area contributed by atoms with Gasteiger partial charge < -0.3 is 9.64 Å². The van der Waals surface area contributed by atoms with Crippen molar-refractivity contribution in [1.82, 2.24) is 19.7 Å². The van der Waals surface area contributed by atoms with E-state index in [1.165, 1.54) is 19.3 Å². The average Bonchev–Trinajstić information content (AvgIpc) is 2.88. The molecule has 0 radical (unpaired) electrons. The number of ether oxygens (including phenoxy) is 1. The van der Waals surface area contributed by atoms with E-state index < -0.39 is 0 Å². The highest BCUT2D eigenvalue weighted by atomic mass is 16.5. The maximum atomic E-state index is 5.09. The van der Waals surface area contributed by atoms with Crippen LogP contribution in [-0.4, -0.2) is 46.6 Å². The molecule has 0 aliphatic carbocycles. The Bertz CT molecular complexity index is 547. The smallest absolute Gasteiger partial charge is 0.179 e. The van der Waals surface area contributed by atoms with E-state index in [1.54, 1.807) is 13.3 Å². The lowest BCUT2D eigenvalue weighted by Crippen LogP contribution is -2.30. The van der Waals surface area contributed by atoms with Gasteiger partial charge in [0.15, 0.2) is 5.65 Å². The van der Waals surface area contributed by atoms with Crippen LogP contribution in [-0.2, 0) is 11.3 Å². The van der Waals surface area contributed by atoms with E-state index in [4.69, 9.17) is 9.72 Å². The fourth-order valence-electron chi connectivity index (χ4n) is 2.46. The van der Waals surface area contributed by atoms with Gasteiger partial charge in [-0.1, -0.05) is 0 Å². The van der Waals surface area contributed by atoms with Crippen LogP contribution in [0.15, 0.2) is 12.4 Å². The van der Waals surface area contributed by atoms with Gasteiger partial charge in [-0.25, -0.2) is 14.6 Å². The molecule has 1 aliphatic heterocycles. The van der Waals surface area contributed by atoms with E-state index in [0.29, 0.717) is 13.2 Å². The SMILES string of the molecule is COCCn1ncc2ncc(N3CCCCC3)nc21. The Morgan fingerprint density at radius 3 is 2.84 bits per heavy atom. The van der Waals surface area contributed by atoms with E-state index in [0.717, 1.165) is 30.1 Å². The van der Waals surface area contributed by atoms with Crippen LogP contribution >= 0.6 is 0 Å². The van der Waals surface area contributed by atoms with Crippen molar-refractivity contribution >= 4 is 17.0 Å². The van der Waals surface area contributed by atoms with Crippen molar-refractivity contribution in [3.8, 4) is 0 Å². The summed E-state index contributed by atoms with van der Waals surface area (Å²) in [4.78, 5) is 11.5. The van der Waals surface area contributed by atoms with Crippen molar-refractivity contribution in [2.75, 3.05) is 31.7 Å². The number of fused-ring (bicyclic) bond motifs is 1. The maximum Gasteiger partial charge on any atom is 0.179 e. The lowest BCUT2D eigenvalue weighted by atomic mass is 10.1. The minimum atomic E-state index is 0.631. The zero-order valence-electron chi connectivity index (χ0n) is 11.2. The second kappa shape index (κ2) is 5.52. The first-order valence-electron chi connectivity index (χ1n) is 6.81. The van der Waals surface area contributed by atoms with Gasteiger partial charge >= 0.3 is 0 Å². The topological polar surface area (TPSA) is 56.1 Å². The van der Waals surface area contributed by atoms with Crippen LogP contribution in [0.25, 0.3) is 11.2 Å². The van der Waals surface area contributed by atoms with Crippen LogP contribution < -0.4 is 4.90 Å². The second-order valence-corrected chi connectivity index (χ2v) is 4.85. The quantitative estimate of drug-likeness (QED) is 0.834. The lowest BCUT2D eigenvalue weighted by molar-refractivity contribution is 0.184. The summed E-state index contributed by atoms with van der Waals surface area (Å²) in [6, 6.07) is 0. The van der Waals surface area contributed by atoms with Crippen LogP contribution in [0.2, 0.25) is 0 Å². The molecule has 0 amide bonds. The molecule has 0 saturated carbocycles. The Morgan fingerprint density at radius 1 is 1.21 bits per heavy atom. The molecule has 102 valence electrons. The van der Waals surface area contributed by atoms with Crippen molar-refractivity contribution in [1.29, 1.82) is 0 Å². The second-order valence-electron chi connectivity index (χ2n) is 4.85. The third kappa shape index (κ3) is 2.53. The summed E-state index contributed by atoms with van der Waals surface area (Å²) < 4.78 is 6.95. The fourth-order valence-corrected chi connectivity index (χ4v) is 2.46. The lowest BCUT2D eigenvalue weighted by Gasteiger charge is -2.27. The number of anilines is 1. The van der Waals surface area contributed by atoms with E-state index in [2.05, 4.69) is 15.0 Å². The van der Waals surface area contributed by atoms with Gasteiger partial charge in [0.2, 0.25) is 0 Å². The Balaban J connectivity index is 1.89. The van der Waals surface area contributed by atoms with Crippen molar-refractivity contribution in [2.24, 2.45) is 0 Å². The molecule has 1 fully saturated rings. The Morgan fingerprint density at radius 2 is 2.05 bits per heavy atom. The third-order valence-corrected chi connectivity index (χ3v) is 3.52. The summed E-state index contributed by atoms with van der Waals surface area (Å²) in [5.74, 6) is 0.964. The summed E-state index contributed by atoms with van der Waals surface area (Å²) >= 11 is 0. The van der Waals surface area contributed by atoms with Crippen molar-refractivity contribution in [2.45, 2.75) is 25.8 Å². The number of piperidine rings is 1. The minimum absolute atomic E-state index is 0.631. The van der Waals surface area contributed by atoms with Crippen molar-refractivity contribution < 1.29 is 4.74 Å². The highest BCUT2D eigenvalue weighted by Gasteiger charge is 2.14. The molecular weight excluding hydrogens is 242 g/mol. The maximum absolute atomic E-state index is 5.09. The first-order valence-corrected chi connectivity index (χ1v) is 6.81. The number of methoxy groups -OCH3 is 1. The molecule has 0 aromatic carbocycles. The average molecular weight is 261 g/mol. The number of hydrogen-bond acceptors (Lipinski definition) is 5. The van der Waals surface area contributed by atoms with Gasteiger partial charge in [-0.3, -0.25) is 0 Å². The molecule has 3 rings (SSSR count). The molecule has 6 nitrogen and oxygen atoms in total. The number of aromatic nitrogens is 4. The summed E-state index contributed by atoms with van der Waals surface area (Å²) in [6.07, 6.45) is 7.41. The minimum Gasteiger partial charge on any atom is -0.383 e. The van der Waals surface area contributed by atoms with E-state index >= 15 is 0 Å². The molecule has 0 N–H and O–H groups in total. The van der Waals surface area contributed by atoms with Gasteiger partial charge in [-0.2, -0.15) is 5.10 Å². The predicted octanol–water partition coefficient (Wildman–Crippen LogP) is 1.46. The van der Waals surface area contributed by atoms with Gasteiger partial charge in [0.25, 0.3) is 0 Å². The molecule has 0 atom stereocenters. The predicted molar refractivity (Wildman–Crippen MR) is 73.3 cm³/mol. The Labute approximate surface area is 112 Å². The first kappa shape index (κ1) is 12.3. The number of rotatable bonds is 4. The summed E-state index contributed by atoms with van der Waals surface area (Å²) in [7, 11) is 1.69. The Hall–Kier alpha value is -1.69. The normalized spacial score (nSPS) is 16.2. The molecule has 3 heterocycles. The molecule has 2 aromatic rings.